The Bertz CT molecular complexity index is 682. The Kier molecular flexibility index (Phi) is 6.47. The molecule has 2 amide bonds. The number of nitrogens with zero attached hydrogens (tertiary/aromatic N) is 1. The number of carbonyl (C=O) groups is 3. The van der Waals surface area contributed by atoms with Crippen molar-refractivity contribution in [3.63, 3.8) is 0 Å². The molecule has 2 rings (SSSR count). The highest BCUT2D eigenvalue weighted by Gasteiger charge is 2.18. The van der Waals surface area contributed by atoms with Gasteiger partial charge in [-0.05, 0) is 36.6 Å². The molecule has 0 aromatic heterocycles. The molecule has 1 heterocycles. The van der Waals surface area contributed by atoms with Gasteiger partial charge in [0, 0.05) is 18.7 Å². The summed E-state index contributed by atoms with van der Waals surface area (Å²) in [6.45, 7) is 0.927. The maximum atomic E-state index is 11.6. The number of hydrogen-bond acceptors (Lipinski definition) is 7. The second-order valence-corrected chi connectivity index (χ2v) is 5.29. The molecule has 0 spiro atoms. The first-order valence-corrected chi connectivity index (χ1v) is 7.63. The fourth-order valence-corrected chi connectivity index (χ4v) is 2.27. The third-order valence-electron chi connectivity index (χ3n) is 3.54. The van der Waals surface area contributed by atoms with Gasteiger partial charge in [-0.3, -0.25) is 9.59 Å². The second-order valence-electron chi connectivity index (χ2n) is 5.29. The average Bonchev–Trinajstić information content (AvgIpc) is 3.12. The third-order valence-corrected chi connectivity index (χ3v) is 3.54. The lowest BCUT2D eigenvalue weighted by Gasteiger charge is -2.10. The van der Waals surface area contributed by atoms with Crippen molar-refractivity contribution in [2.75, 3.05) is 20.3 Å². The zero-order valence-electron chi connectivity index (χ0n) is 13.6. The van der Waals surface area contributed by atoms with Crippen LogP contribution in [0.2, 0.25) is 0 Å². The number of rotatable bonds is 6. The van der Waals surface area contributed by atoms with Crippen LogP contribution in [-0.2, 0) is 14.3 Å². The molecular formula is C16H18N3O6-. The monoisotopic (exact) mass is 348 g/mol. The average molecular weight is 348 g/mol. The van der Waals surface area contributed by atoms with Gasteiger partial charge in [-0.2, -0.15) is 5.10 Å². The largest absolute Gasteiger partial charge is 0.545 e. The number of carboxylic acid groups (broad SMARTS) is 1. The van der Waals surface area contributed by atoms with Crippen molar-refractivity contribution in [2.24, 2.45) is 5.10 Å². The topological polar surface area (TPSA) is 129 Å². The molecule has 1 atom stereocenters. The smallest absolute Gasteiger partial charge is 0.329 e. The van der Waals surface area contributed by atoms with Gasteiger partial charge < -0.3 is 24.7 Å². The SMILES string of the molecule is COc1ccc(/C=N\NC(=O)C(=O)NC[C@H]2CCCO2)cc1C(=O)[O-]. The van der Waals surface area contributed by atoms with Crippen LogP contribution in [-0.4, -0.2) is 50.4 Å². The number of amides is 2. The van der Waals surface area contributed by atoms with E-state index in [1.165, 1.54) is 25.5 Å². The Morgan fingerprint density at radius 1 is 1.40 bits per heavy atom. The molecule has 0 saturated carbocycles. The van der Waals surface area contributed by atoms with E-state index in [0.29, 0.717) is 12.2 Å². The lowest BCUT2D eigenvalue weighted by Crippen LogP contribution is -2.41. The van der Waals surface area contributed by atoms with Crippen molar-refractivity contribution in [1.29, 1.82) is 0 Å². The van der Waals surface area contributed by atoms with E-state index in [1.807, 2.05) is 0 Å². The molecule has 0 radical (unpaired) electrons. The Morgan fingerprint density at radius 3 is 2.84 bits per heavy atom. The number of carboxylic acids is 1. The Hall–Kier alpha value is -2.94. The molecule has 0 aliphatic carbocycles. The van der Waals surface area contributed by atoms with Crippen molar-refractivity contribution >= 4 is 24.0 Å². The van der Waals surface area contributed by atoms with Gasteiger partial charge in [-0.25, -0.2) is 5.43 Å². The summed E-state index contributed by atoms with van der Waals surface area (Å²) in [7, 11) is 1.34. The highest BCUT2D eigenvalue weighted by molar-refractivity contribution is 6.35. The van der Waals surface area contributed by atoms with Crippen LogP contribution < -0.4 is 20.6 Å². The Labute approximate surface area is 144 Å². The van der Waals surface area contributed by atoms with Crippen LogP contribution in [0.3, 0.4) is 0 Å². The van der Waals surface area contributed by atoms with Crippen LogP contribution in [0.4, 0.5) is 0 Å². The molecule has 2 N–H and O–H groups in total. The van der Waals surface area contributed by atoms with Crippen LogP contribution in [0.15, 0.2) is 23.3 Å². The molecule has 134 valence electrons. The summed E-state index contributed by atoms with van der Waals surface area (Å²) in [5, 5.41) is 17.1. The molecule has 1 saturated heterocycles. The molecule has 1 fully saturated rings. The molecule has 9 nitrogen and oxygen atoms in total. The molecule has 1 aromatic rings. The summed E-state index contributed by atoms with van der Waals surface area (Å²) in [4.78, 5) is 34.2. The van der Waals surface area contributed by atoms with Gasteiger partial charge >= 0.3 is 11.8 Å². The van der Waals surface area contributed by atoms with Gasteiger partial charge in [0.2, 0.25) is 0 Å². The standard InChI is InChI=1S/C16H19N3O6/c1-24-13-5-4-10(7-12(13)16(22)23)8-18-19-15(21)14(20)17-9-11-3-2-6-25-11/h4-5,7-8,11H,2-3,6,9H2,1H3,(H,17,20)(H,19,21)(H,22,23)/p-1/b18-8-/t11-/m1/s1. The minimum absolute atomic E-state index is 0.0670. The first kappa shape index (κ1) is 18.4. The van der Waals surface area contributed by atoms with Crippen molar-refractivity contribution in [3.8, 4) is 5.75 Å². The molecule has 1 aliphatic rings. The van der Waals surface area contributed by atoms with E-state index in [1.54, 1.807) is 6.07 Å². The minimum atomic E-state index is -1.40. The predicted molar refractivity (Wildman–Crippen MR) is 85.0 cm³/mol. The molecule has 25 heavy (non-hydrogen) atoms. The number of benzene rings is 1. The van der Waals surface area contributed by atoms with E-state index in [-0.39, 0.29) is 24.0 Å². The zero-order chi connectivity index (χ0) is 18.2. The number of hydrazone groups is 1. The molecule has 0 unspecified atom stereocenters. The fourth-order valence-electron chi connectivity index (χ4n) is 2.27. The van der Waals surface area contributed by atoms with E-state index in [2.05, 4.69) is 15.8 Å². The van der Waals surface area contributed by atoms with Crippen molar-refractivity contribution in [1.82, 2.24) is 10.7 Å². The maximum absolute atomic E-state index is 11.6. The van der Waals surface area contributed by atoms with Crippen LogP contribution in [0.5, 0.6) is 5.75 Å². The fraction of sp³-hybridized carbons (Fsp3) is 0.375. The third kappa shape index (κ3) is 5.28. The Balaban J connectivity index is 1.86. The zero-order valence-corrected chi connectivity index (χ0v) is 13.6. The summed E-state index contributed by atoms with van der Waals surface area (Å²) in [5.41, 5.74) is 2.31. The number of carbonyl (C=O) groups excluding carboxylic acids is 3. The number of nitrogens with one attached hydrogen (secondary N) is 2. The van der Waals surface area contributed by atoms with Gasteiger partial charge in [0.1, 0.15) is 5.75 Å². The molecular weight excluding hydrogens is 330 g/mol. The first-order valence-electron chi connectivity index (χ1n) is 7.63. The molecule has 1 aliphatic heterocycles. The van der Waals surface area contributed by atoms with Crippen LogP contribution >= 0.6 is 0 Å². The predicted octanol–water partition coefficient (Wildman–Crippen LogP) is -1.20. The summed E-state index contributed by atoms with van der Waals surface area (Å²) in [6, 6.07) is 4.25. The van der Waals surface area contributed by atoms with E-state index >= 15 is 0 Å². The molecule has 9 heteroatoms. The maximum Gasteiger partial charge on any atom is 0.329 e. The van der Waals surface area contributed by atoms with Crippen molar-refractivity contribution in [2.45, 2.75) is 18.9 Å². The van der Waals surface area contributed by atoms with Gasteiger partial charge in [0.15, 0.2) is 0 Å². The van der Waals surface area contributed by atoms with Crippen molar-refractivity contribution in [3.05, 3.63) is 29.3 Å². The van der Waals surface area contributed by atoms with E-state index in [4.69, 9.17) is 9.47 Å². The highest BCUT2D eigenvalue weighted by Crippen LogP contribution is 2.18. The summed E-state index contributed by atoms with van der Waals surface area (Å²) >= 11 is 0. The molecule has 1 aromatic carbocycles. The van der Waals surface area contributed by atoms with Gasteiger partial charge in [0.25, 0.3) is 0 Å². The van der Waals surface area contributed by atoms with E-state index in [0.717, 1.165) is 12.8 Å². The number of aromatic carboxylic acids is 1. The second kappa shape index (κ2) is 8.78. The van der Waals surface area contributed by atoms with Gasteiger partial charge in [-0.15, -0.1) is 0 Å². The minimum Gasteiger partial charge on any atom is -0.545 e. The summed E-state index contributed by atoms with van der Waals surface area (Å²) in [6.07, 6.45) is 2.92. The lowest BCUT2D eigenvalue weighted by molar-refractivity contribution is -0.255. The van der Waals surface area contributed by atoms with Gasteiger partial charge in [-0.1, -0.05) is 0 Å². The Morgan fingerprint density at radius 2 is 2.20 bits per heavy atom. The molecule has 0 bridgehead atoms. The van der Waals surface area contributed by atoms with E-state index in [9.17, 15) is 19.5 Å². The quantitative estimate of drug-likeness (QED) is 0.378. The van der Waals surface area contributed by atoms with Crippen molar-refractivity contribution < 1.29 is 29.0 Å². The lowest BCUT2D eigenvalue weighted by atomic mass is 10.1. The van der Waals surface area contributed by atoms with Gasteiger partial charge in [0.05, 0.1) is 25.4 Å². The number of ether oxygens (including phenoxy) is 2. The normalized spacial score (nSPS) is 16.6. The number of hydrogen-bond donors (Lipinski definition) is 2. The van der Waals surface area contributed by atoms with E-state index < -0.39 is 17.8 Å². The highest BCUT2D eigenvalue weighted by atomic mass is 16.5. The number of methoxy groups -OCH3 is 1. The first-order chi connectivity index (χ1) is 12.0. The summed E-state index contributed by atoms with van der Waals surface area (Å²) in [5.74, 6) is -3.00. The van der Waals surface area contributed by atoms with Crippen LogP contribution in [0, 0.1) is 0 Å². The summed E-state index contributed by atoms with van der Waals surface area (Å²) < 4.78 is 10.2. The van der Waals surface area contributed by atoms with Crippen LogP contribution in [0.1, 0.15) is 28.8 Å². The van der Waals surface area contributed by atoms with Crippen LogP contribution in [0.25, 0.3) is 0 Å².